The van der Waals surface area contributed by atoms with E-state index in [0.29, 0.717) is 24.1 Å². The maximum Gasteiger partial charge on any atom is 0.232 e. The molecule has 162 valence electrons. The van der Waals surface area contributed by atoms with Crippen molar-refractivity contribution in [2.75, 3.05) is 30.5 Å². The molecule has 0 radical (unpaired) electrons. The number of nitrogens with two attached hydrogens (primary N) is 1. The lowest BCUT2D eigenvalue weighted by molar-refractivity contribution is -0.118. The first-order chi connectivity index (χ1) is 15.0. The van der Waals surface area contributed by atoms with Gasteiger partial charge in [0.25, 0.3) is 0 Å². The third kappa shape index (κ3) is 7.14. The lowest BCUT2D eigenvalue weighted by Gasteiger charge is -2.12. The zero-order valence-electron chi connectivity index (χ0n) is 17.5. The van der Waals surface area contributed by atoms with Gasteiger partial charge in [-0.1, -0.05) is 30.3 Å². The van der Waals surface area contributed by atoms with E-state index in [9.17, 15) is 4.79 Å². The largest absolute Gasteiger partial charge is 0.497 e. The van der Waals surface area contributed by atoms with Crippen LogP contribution in [0, 0.1) is 0 Å². The Kier molecular flexibility index (Phi) is 8.05. The first kappa shape index (κ1) is 22.4. The van der Waals surface area contributed by atoms with Crippen molar-refractivity contribution in [2.24, 2.45) is 0 Å². The number of nitrogen functional groups attached to an aromatic ring is 1. The van der Waals surface area contributed by atoms with Gasteiger partial charge in [0.05, 0.1) is 18.1 Å². The molecule has 1 unspecified atom stereocenters. The van der Waals surface area contributed by atoms with Crippen molar-refractivity contribution in [1.29, 1.82) is 0 Å². The first-order valence-corrected chi connectivity index (χ1v) is 10.9. The lowest BCUT2D eigenvalue weighted by atomic mass is 10.1. The smallest absolute Gasteiger partial charge is 0.232 e. The zero-order valence-corrected chi connectivity index (χ0v) is 18.4. The van der Waals surface area contributed by atoms with Crippen molar-refractivity contribution >= 4 is 35.3 Å². The van der Waals surface area contributed by atoms with Crippen LogP contribution in [0.2, 0.25) is 0 Å². The van der Waals surface area contributed by atoms with Crippen LogP contribution in [-0.2, 0) is 11.2 Å². The molecule has 3 rings (SSSR count). The van der Waals surface area contributed by atoms with E-state index < -0.39 is 0 Å². The molecule has 1 atom stereocenters. The van der Waals surface area contributed by atoms with Gasteiger partial charge in [-0.15, -0.1) is 11.8 Å². The molecule has 4 N–H and O–H groups in total. The Morgan fingerprint density at radius 1 is 1.10 bits per heavy atom. The summed E-state index contributed by atoms with van der Waals surface area (Å²) < 4.78 is 5.15. The Labute approximate surface area is 186 Å². The minimum absolute atomic E-state index is 0.0324. The minimum atomic E-state index is -0.117. The fraction of sp³-hybridized carbons (Fsp3) is 0.273. The van der Waals surface area contributed by atoms with Gasteiger partial charge in [0.1, 0.15) is 11.6 Å². The predicted octanol–water partition coefficient (Wildman–Crippen LogP) is 3.36. The molecule has 0 saturated heterocycles. The van der Waals surface area contributed by atoms with Gasteiger partial charge in [0.2, 0.25) is 17.8 Å². The molecule has 0 bridgehead atoms. The second-order valence-corrected chi connectivity index (χ2v) is 8.10. The second-order valence-electron chi connectivity index (χ2n) is 6.77. The summed E-state index contributed by atoms with van der Waals surface area (Å²) in [6, 6.07) is 17.4. The van der Waals surface area contributed by atoms with Crippen molar-refractivity contribution in [3.05, 3.63) is 66.0 Å². The van der Waals surface area contributed by atoms with E-state index in [2.05, 4.69) is 25.6 Å². The van der Waals surface area contributed by atoms with Crippen molar-refractivity contribution in [3.63, 3.8) is 0 Å². The number of benzene rings is 2. The van der Waals surface area contributed by atoms with Crippen LogP contribution in [0.1, 0.15) is 23.6 Å². The third-order valence-electron chi connectivity index (χ3n) is 4.42. The van der Waals surface area contributed by atoms with E-state index >= 15 is 0 Å². The Morgan fingerprint density at radius 3 is 2.55 bits per heavy atom. The molecule has 9 heteroatoms. The molecule has 0 aliphatic carbocycles. The van der Waals surface area contributed by atoms with Crippen molar-refractivity contribution in [2.45, 2.75) is 18.6 Å². The number of carbonyl (C=O) groups excluding carboxylic acids is 1. The number of aromatic nitrogens is 3. The number of ether oxygens (including phenoxy) is 1. The highest BCUT2D eigenvalue weighted by atomic mass is 32.2. The molecule has 1 amide bonds. The van der Waals surface area contributed by atoms with Gasteiger partial charge in [-0.3, -0.25) is 4.79 Å². The quantitative estimate of drug-likeness (QED) is 0.441. The highest BCUT2D eigenvalue weighted by Crippen LogP contribution is 2.26. The number of carbonyl (C=O) groups is 1. The normalized spacial score (nSPS) is 11.5. The number of thioether (sulfide) groups is 1. The molecule has 0 spiro atoms. The molecule has 8 nitrogen and oxygen atoms in total. The third-order valence-corrected chi connectivity index (χ3v) is 5.56. The van der Waals surface area contributed by atoms with E-state index in [4.69, 9.17) is 10.5 Å². The molecule has 2 aromatic carbocycles. The summed E-state index contributed by atoms with van der Waals surface area (Å²) in [5.41, 5.74) is 7.84. The average molecular weight is 439 g/mol. The average Bonchev–Trinajstić information content (AvgIpc) is 2.78. The summed E-state index contributed by atoms with van der Waals surface area (Å²) in [6.45, 7) is 2.51. The van der Waals surface area contributed by atoms with Crippen LogP contribution in [0.3, 0.4) is 0 Å². The van der Waals surface area contributed by atoms with Gasteiger partial charge in [0.15, 0.2) is 0 Å². The number of nitrogens with zero attached hydrogens (tertiary/aromatic N) is 3. The maximum absolute atomic E-state index is 12.2. The van der Waals surface area contributed by atoms with Gasteiger partial charge in [0, 0.05) is 12.2 Å². The van der Waals surface area contributed by atoms with Crippen LogP contribution in [0.25, 0.3) is 0 Å². The van der Waals surface area contributed by atoms with E-state index in [1.54, 1.807) is 7.11 Å². The summed E-state index contributed by atoms with van der Waals surface area (Å²) >= 11 is 1.45. The number of hydrogen-bond donors (Lipinski definition) is 3. The first-order valence-electron chi connectivity index (χ1n) is 9.88. The summed E-state index contributed by atoms with van der Waals surface area (Å²) in [5, 5.41) is 5.94. The number of nitrogens with one attached hydrogen (secondary N) is 2. The molecular formula is C22H26N6O2S. The Morgan fingerprint density at radius 2 is 1.84 bits per heavy atom. The molecule has 31 heavy (non-hydrogen) atoms. The molecule has 0 saturated carbocycles. The SMILES string of the molecule is COc1ccc(CCNC(=O)CSC(C)c2nc(N)nc(Nc3ccccc3)n2)cc1. The van der Waals surface area contributed by atoms with E-state index in [0.717, 1.165) is 23.4 Å². The predicted molar refractivity (Wildman–Crippen MR) is 125 cm³/mol. The number of para-hydroxylation sites is 1. The van der Waals surface area contributed by atoms with Gasteiger partial charge >= 0.3 is 0 Å². The van der Waals surface area contributed by atoms with Gasteiger partial charge in [-0.05, 0) is 43.2 Å². The maximum atomic E-state index is 12.2. The van der Waals surface area contributed by atoms with Crippen molar-refractivity contribution in [1.82, 2.24) is 20.3 Å². The highest BCUT2D eigenvalue weighted by molar-refractivity contribution is 8.00. The van der Waals surface area contributed by atoms with E-state index in [1.165, 1.54) is 11.8 Å². The van der Waals surface area contributed by atoms with Gasteiger partial charge in [-0.25, -0.2) is 0 Å². The van der Waals surface area contributed by atoms with Crippen LogP contribution in [0.5, 0.6) is 5.75 Å². The lowest BCUT2D eigenvalue weighted by Crippen LogP contribution is -2.27. The van der Waals surface area contributed by atoms with Gasteiger partial charge in [-0.2, -0.15) is 15.0 Å². The van der Waals surface area contributed by atoms with Crippen LogP contribution in [-0.4, -0.2) is 40.3 Å². The Bertz CT molecular complexity index is 985. The van der Waals surface area contributed by atoms with Crippen LogP contribution in [0.4, 0.5) is 17.6 Å². The van der Waals surface area contributed by atoms with Crippen molar-refractivity contribution < 1.29 is 9.53 Å². The summed E-state index contributed by atoms with van der Waals surface area (Å²) in [6.07, 6.45) is 0.758. The van der Waals surface area contributed by atoms with Crippen LogP contribution >= 0.6 is 11.8 Å². The number of rotatable bonds is 10. The van der Waals surface area contributed by atoms with E-state index in [-0.39, 0.29) is 17.1 Å². The molecule has 0 aliphatic heterocycles. The molecule has 1 aromatic heterocycles. The Hall–Kier alpha value is -3.33. The topological polar surface area (TPSA) is 115 Å². The summed E-state index contributed by atoms with van der Waals surface area (Å²) in [4.78, 5) is 25.0. The molecular weight excluding hydrogens is 412 g/mol. The van der Waals surface area contributed by atoms with Crippen LogP contribution in [0.15, 0.2) is 54.6 Å². The number of anilines is 3. The Balaban J connectivity index is 1.47. The molecule has 3 aromatic rings. The number of methoxy groups -OCH3 is 1. The highest BCUT2D eigenvalue weighted by Gasteiger charge is 2.15. The van der Waals surface area contributed by atoms with E-state index in [1.807, 2.05) is 61.5 Å². The van der Waals surface area contributed by atoms with Crippen molar-refractivity contribution in [3.8, 4) is 5.75 Å². The standard InChI is InChI=1S/C22H26N6O2S/c1-15(20-26-21(23)28-22(27-20)25-17-6-4-3-5-7-17)31-14-19(29)24-13-12-16-8-10-18(30-2)11-9-16/h3-11,15H,12-14H2,1-2H3,(H,24,29)(H3,23,25,26,27,28). The minimum Gasteiger partial charge on any atom is -0.497 e. The zero-order chi connectivity index (χ0) is 22.1. The van der Waals surface area contributed by atoms with Gasteiger partial charge < -0.3 is 21.1 Å². The number of amides is 1. The molecule has 1 heterocycles. The summed E-state index contributed by atoms with van der Waals surface area (Å²) in [5.74, 6) is 2.14. The fourth-order valence-corrected chi connectivity index (χ4v) is 3.52. The van der Waals surface area contributed by atoms with Crippen LogP contribution < -0.4 is 21.1 Å². The monoisotopic (exact) mass is 438 g/mol. The summed E-state index contributed by atoms with van der Waals surface area (Å²) in [7, 11) is 1.64. The molecule has 0 aliphatic rings. The number of hydrogen-bond acceptors (Lipinski definition) is 8. The fourth-order valence-electron chi connectivity index (χ4n) is 2.76. The molecule has 0 fully saturated rings. The second kappa shape index (κ2) is 11.2.